The third-order valence-electron chi connectivity index (χ3n) is 5.23. The molecule has 34 heavy (non-hydrogen) atoms. The van der Waals surface area contributed by atoms with Crippen molar-refractivity contribution in [2.75, 3.05) is 26.4 Å². The summed E-state index contributed by atoms with van der Waals surface area (Å²) in [5.41, 5.74) is 2.01. The van der Waals surface area contributed by atoms with Gasteiger partial charge in [0.1, 0.15) is 11.5 Å². The maximum atomic E-state index is 12.3. The zero-order valence-electron chi connectivity index (χ0n) is 20.9. The van der Waals surface area contributed by atoms with Crippen molar-refractivity contribution in [2.24, 2.45) is 11.8 Å². The second-order valence-corrected chi connectivity index (χ2v) is 9.44. The average molecular weight is 467 g/mol. The van der Waals surface area contributed by atoms with Gasteiger partial charge in [0.05, 0.1) is 13.2 Å². The van der Waals surface area contributed by atoms with Gasteiger partial charge in [-0.25, -0.2) is 9.59 Å². The Kier molecular flexibility index (Phi) is 8.37. The molecule has 3 aromatic rings. The molecule has 0 aliphatic heterocycles. The van der Waals surface area contributed by atoms with Crippen LogP contribution in [0.2, 0.25) is 0 Å². The molecule has 0 fully saturated rings. The number of ether oxygens (including phenoxy) is 4. The Morgan fingerprint density at radius 1 is 0.735 bits per heavy atom. The van der Waals surface area contributed by atoms with Gasteiger partial charge in [-0.05, 0) is 37.3 Å². The molecule has 182 valence electrons. The van der Waals surface area contributed by atoms with Crippen molar-refractivity contribution >= 4 is 33.5 Å². The smallest absolute Gasteiger partial charge is 0.344 e. The first kappa shape index (κ1) is 25.3. The fourth-order valence-corrected chi connectivity index (χ4v) is 3.65. The standard InChI is InChI=1S/C28H34O6/c1-17(2)13-31-24(29)15-33-27-22-9-7-8-20(6)26(22)28(21-11-10-19(5)12-23(21)27)34-16-25(30)32-14-18(3)4/h7-12,17-18H,13-16H2,1-6H3. The van der Waals surface area contributed by atoms with Gasteiger partial charge < -0.3 is 18.9 Å². The Morgan fingerprint density at radius 3 is 1.91 bits per heavy atom. The number of benzene rings is 3. The maximum Gasteiger partial charge on any atom is 0.344 e. The number of fused-ring (bicyclic) bond motifs is 2. The van der Waals surface area contributed by atoms with Gasteiger partial charge in [0.25, 0.3) is 0 Å². The molecule has 0 amide bonds. The summed E-state index contributed by atoms with van der Waals surface area (Å²) in [6, 6.07) is 11.8. The van der Waals surface area contributed by atoms with Gasteiger partial charge in [0.2, 0.25) is 0 Å². The van der Waals surface area contributed by atoms with Crippen LogP contribution in [0.15, 0.2) is 36.4 Å². The third-order valence-corrected chi connectivity index (χ3v) is 5.23. The zero-order valence-corrected chi connectivity index (χ0v) is 20.9. The molecular weight excluding hydrogens is 432 g/mol. The highest BCUT2D eigenvalue weighted by atomic mass is 16.6. The largest absolute Gasteiger partial charge is 0.481 e. The maximum absolute atomic E-state index is 12.3. The van der Waals surface area contributed by atoms with Crippen LogP contribution in [0.5, 0.6) is 11.5 Å². The minimum absolute atomic E-state index is 0.194. The Bertz CT molecular complexity index is 1170. The summed E-state index contributed by atoms with van der Waals surface area (Å²) < 4.78 is 22.7. The van der Waals surface area contributed by atoms with Crippen molar-refractivity contribution < 1.29 is 28.5 Å². The van der Waals surface area contributed by atoms with E-state index in [0.29, 0.717) is 24.7 Å². The normalized spacial score (nSPS) is 11.3. The van der Waals surface area contributed by atoms with Gasteiger partial charge in [-0.3, -0.25) is 0 Å². The van der Waals surface area contributed by atoms with Crippen LogP contribution in [0.1, 0.15) is 38.8 Å². The van der Waals surface area contributed by atoms with Crippen LogP contribution < -0.4 is 9.47 Å². The molecule has 0 heterocycles. The van der Waals surface area contributed by atoms with Crippen molar-refractivity contribution in [1.29, 1.82) is 0 Å². The van der Waals surface area contributed by atoms with E-state index in [1.165, 1.54) is 0 Å². The average Bonchev–Trinajstić information content (AvgIpc) is 2.78. The Labute approximate surface area is 201 Å². The van der Waals surface area contributed by atoms with Crippen LogP contribution in [0.25, 0.3) is 21.5 Å². The molecule has 0 bridgehead atoms. The summed E-state index contributed by atoms with van der Waals surface area (Å²) in [4.78, 5) is 24.5. The number of carbonyl (C=O) groups is 2. The second kappa shape index (κ2) is 11.2. The van der Waals surface area contributed by atoms with Crippen LogP contribution in [-0.2, 0) is 19.1 Å². The Hall–Kier alpha value is -3.28. The van der Waals surface area contributed by atoms with Crippen LogP contribution >= 0.6 is 0 Å². The van der Waals surface area contributed by atoms with Crippen LogP contribution in [-0.4, -0.2) is 38.4 Å². The molecule has 0 atom stereocenters. The molecule has 0 saturated heterocycles. The fourth-order valence-electron chi connectivity index (χ4n) is 3.65. The number of esters is 2. The first-order valence-corrected chi connectivity index (χ1v) is 11.7. The Balaban J connectivity index is 2.03. The second-order valence-electron chi connectivity index (χ2n) is 9.44. The SMILES string of the molecule is Cc1ccc2c(OCC(=O)OCC(C)C)c3c(C)cccc3c(OCC(=O)OCC(C)C)c2c1. The lowest BCUT2D eigenvalue weighted by molar-refractivity contribution is -0.147. The minimum Gasteiger partial charge on any atom is -0.481 e. The number of rotatable bonds is 10. The molecule has 0 aliphatic rings. The highest BCUT2D eigenvalue weighted by molar-refractivity contribution is 6.12. The van der Waals surface area contributed by atoms with E-state index in [1.54, 1.807) is 0 Å². The highest BCUT2D eigenvalue weighted by Gasteiger charge is 2.20. The summed E-state index contributed by atoms with van der Waals surface area (Å²) in [6.45, 7) is 12.2. The quantitative estimate of drug-likeness (QED) is 0.279. The van der Waals surface area contributed by atoms with Crippen LogP contribution in [0, 0.1) is 25.7 Å². The lowest BCUT2D eigenvalue weighted by Gasteiger charge is -2.19. The van der Waals surface area contributed by atoms with Crippen molar-refractivity contribution in [3.8, 4) is 11.5 Å². The molecule has 0 saturated carbocycles. The van der Waals surface area contributed by atoms with E-state index in [9.17, 15) is 9.59 Å². The summed E-state index contributed by atoms with van der Waals surface area (Å²) in [5, 5.41) is 3.25. The molecule has 0 aromatic heterocycles. The summed E-state index contributed by atoms with van der Waals surface area (Å²) in [7, 11) is 0. The monoisotopic (exact) mass is 466 g/mol. The van der Waals surface area contributed by atoms with Gasteiger partial charge in [-0.15, -0.1) is 0 Å². The van der Waals surface area contributed by atoms with Gasteiger partial charge in [-0.2, -0.15) is 0 Å². The zero-order chi connectivity index (χ0) is 24.8. The molecule has 6 nitrogen and oxygen atoms in total. The van der Waals surface area contributed by atoms with E-state index in [-0.39, 0.29) is 25.0 Å². The number of aryl methyl sites for hydroxylation is 2. The predicted octanol–water partition coefficient (Wildman–Crippen LogP) is 5.77. The molecule has 3 rings (SSSR count). The lowest BCUT2D eigenvalue weighted by Crippen LogP contribution is -2.18. The molecule has 0 N–H and O–H groups in total. The molecule has 0 unspecified atom stereocenters. The summed E-state index contributed by atoms with van der Waals surface area (Å²) in [5.74, 6) is 0.861. The first-order chi connectivity index (χ1) is 16.2. The van der Waals surface area contributed by atoms with Gasteiger partial charge in [0, 0.05) is 21.5 Å². The van der Waals surface area contributed by atoms with E-state index in [2.05, 4.69) is 0 Å². The van der Waals surface area contributed by atoms with E-state index in [4.69, 9.17) is 18.9 Å². The highest BCUT2D eigenvalue weighted by Crippen LogP contribution is 2.44. The Morgan fingerprint density at radius 2 is 1.32 bits per heavy atom. The van der Waals surface area contributed by atoms with Gasteiger partial charge >= 0.3 is 11.9 Å². The topological polar surface area (TPSA) is 71.1 Å². The van der Waals surface area contributed by atoms with E-state index >= 15 is 0 Å². The lowest BCUT2D eigenvalue weighted by atomic mass is 9.96. The number of hydrogen-bond donors (Lipinski definition) is 0. The van der Waals surface area contributed by atoms with Crippen LogP contribution in [0.3, 0.4) is 0 Å². The third kappa shape index (κ3) is 6.19. The number of carbonyl (C=O) groups excluding carboxylic acids is 2. The molecular formula is C28H34O6. The predicted molar refractivity (Wildman–Crippen MR) is 134 cm³/mol. The molecule has 0 spiro atoms. The molecule has 6 heteroatoms. The number of hydrogen-bond acceptors (Lipinski definition) is 6. The van der Waals surface area contributed by atoms with Crippen LogP contribution in [0.4, 0.5) is 0 Å². The van der Waals surface area contributed by atoms with E-state index in [1.807, 2.05) is 77.9 Å². The fraction of sp³-hybridized carbons (Fsp3) is 0.429. The van der Waals surface area contributed by atoms with Gasteiger partial charge in [-0.1, -0.05) is 63.6 Å². The van der Waals surface area contributed by atoms with E-state index in [0.717, 1.165) is 32.7 Å². The molecule has 0 radical (unpaired) electrons. The van der Waals surface area contributed by atoms with Crippen molar-refractivity contribution in [2.45, 2.75) is 41.5 Å². The molecule has 3 aromatic carbocycles. The first-order valence-electron chi connectivity index (χ1n) is 11.7. The molecule has 0 aliphatic carbocycles. The van der Waals surface area contributed by atoms with Crippen molar-refractivity contribution in [3.05, 3.63) is 47.5 Å². The van der Waals surface area contributed by atoms with Crippen molar-refractivity contribution in [1.82, 2.24) is 0 Å². The van der Waals surface area contributed by atoms with E-state index < -0.39 is 11.9 Å². The van der Waals surface area contributed by atoms with Crippen molar-refractivity contribution in [3.63, 3.8) is 0 Å². The summed E-state index contributed by atoms with van der Waals surface area (Å²) in [6.07, 6.45) is 0. The summed E-state index contributed by atoms with van der Waals surface area (Å²) >= 11 is 0. The minimum atomic E-state index is -0.413. The van der Waals surface area contributed by atoms with Gasteiger partial charge in [0.15, 0.2) is 13.2 Å².